The Labute approximate surface area is 196 Å². The Morgan fingerprint density at radius 1 is 0.967 bits per heavy atom. The zero-order chi connectivity index (χ0) is 18.8. The summed E-state index contributed by atoms with van der Waals surface area (Å²) in [6.45, 7) is 8.68. The highest BCUT2D eigenvalue weighted by molar-refractivity contribution is 6.16. The summed E-state index contributed by atoms with van der Waals surface area (Å²) >= 11 is 0. The Bertz CT molecular complexity index is 1090. The largest absolute Gasteiger partial charge is 0.369 e. The maximum absolute atomic E-state index is 4.65. The normalized spacial score (nSPS) is 10.7. The van der Waals surface area contributed by atoms with Crippen LogP contribution in [0.4, 0.5) is 5.82 Å². The number of benzene rings is 1. The van der Waals surface area contributed by atoms with Crippen LogP contribution in [0.15, 0.2) is 42.9 Å². The van der Waals surface area contributed by atoms with Crippen LogP contribution in [0.2, 0.25) is 0 Å². The van der Waals surface area contributed by atoms with Crippen LogP contribution in [0.3, 0.4) is 0 Å². The van der Waals surface area contributed by atoms with Crippen LogP contribution in [0.5, 0.6) is 0 Å². The first-order valence-corrected chi connectivity index (χ1v) is 9.80. The van der Waals surface area contributed by atoms with Crippen LogP contribution in [0.1, 0.15) is 20.3 Å². The van der Waals surface area contributed by atoms with Gasteiger partial charge in [-0.05, 0) is 55.7 Å². The molecule has 0 radical (unpaired) electrons. The van der Waals surface area contributed by atoms with E-state index < -0.39 is 0 Å². The first-order chi connectivity index (χ1) is 13.2. The average molecular weight is 471 g/mol. The first kappa shape index (κ1) is 26.2. The van der Waals surface area contributed by atoms with Crippen LogP contribution in [-0.2, 0) is 7.05 Å². The van der Waals surface area contributed by atoms with E-state index in [1.165, 1.54) is 27.2 Å². The maximum atomic E-state index is 4.65. The van der Waals surface area contributed by atoms with Gasteiger partial charge in [0, 0.05) is 53.9 Å². The van der Waals surface area contributed by atoms with Crippen LogP contribution in [0.25, 0.3) is 32.6 Å². The summed E-state index contributed by atoms with van der Waals surface area (Å²) in [7, 11) is 2.13. The van der Waals surface area contributed by atoms with Crippen LogP contribution >= 0.6 is 37.2 Å². The van der Waals surface area contributed by atoms with Crippen molar-refractivity contribution >= 4 is 75.6 Å². The highest BCUT2D eigenvalue weighted by atomic mass is 35.5. The van der Waals surface area contributed by atoms with Crippen molar-refractivity contribution in [2.75, 3.05) is 31.5 Å². The number of nitrogens with one attached hydrogen (secondary N) is 1. The molecule has 0 aliphatic rings. The van der Waals surface area contributed by atoms with Gasteiger partial charge in [0.1, 0.15) is 5.82 Å². The average Bonchev–Trinajstić information content (AvgIpc) is 2.99. The lowest BCUT2D eigenvalue weighted by atomic mass is 10.1. The summed E-state index contributed by atoms with van der Waals surface area (Å²) in [6, 6.07) is 8.65. The van der Waals surface area contributed by atoms with Gasteiger partial charge >= 0.3 is 0 Å². The van der Waals surface area contributed by atoms with Gasteiger partial charge in [0.05, 0.1) is 5.52 Å². The molecule has 3 heterocycles. The fraction of sp³-hybridized carbons (Fsp3) is 0.364. The van der Waals surface area contributed by atoms with E-state index in [-0.39, 0.29) is 37.2 Å². The lowest BCUT2D eigenvalue weighted by Gasteiger charge is -2.17. The molecule has 5 nitrogen and oxygen atoms in total. The molecule has 0 amide bonds. The molecule has 1 aromatic carbocycles. The van der Waals surface area contributed by atoms with Gasteiger partial charge in [0.2, 0.25) is 0 Å². The number of pyridine rings is 2. The number of aryl methyl sites for hydroxylation is 1. The van der Waals surface area contributed by atoms with Gasteiger partial charge in [0.15, 0.2) is 0 Å². The smallest absolute Gasteiger partial charge is 0.136 e. The van der Waals surface area contributed by atoms with Crippen molar-refractivity contribution in [1.29, 1.82) is 0 Å². The molecule has 3 aromatic heterocycles. The molecular formula is C22H30Cl3N5. The molecule has 4 rings (SSSR count). The number of halogens is 3. The number of rotatable bonds is 7. The van der Waals surface area contributed by atoms with E-state index in [1.54, 1.807) is 0 Å². The summed E-state index contributed by atoms with van der Waals surface area (Å²) in [5.41, 5.74) is 2.43. The van der Waals surface area contributed by atoms with Crippen LogP contribution < -0.4 is 5.32 Å². The summed E-state index contributed by atoms with van der Waals surface area (Å²) in [6.07, 6.45) is 6.79. The molecule has 4 aromatic rings. The minimum atomic E-state index is 0. The first-order valence-electron chi connectivity index (χ1n) is 9.80. The predicted molar refractivity (Wildman–Crippen MR) is 136 cm³/mol. The topological polar surface area (TPSA) is 46.0 Å². The summed E-state index contributed by atoms with van der Waals surface area (Å²) in [4.78, 5) is 11.4. The molecular weight excluding hydrogens is 441 g/mol. The second kappa shape index (κ2) is 11.6. The molecule has 0 spiro atoms. The van der Waals surface area contributed by atoms with Gasteiger partial charge < -0.3 is 14.8 Å². The van der Waals surface area contributed by atoms with Gasteiger partial charge in [-0.1, -0.05) is 13.8 Å². The molecule has 0 unspecified atom stereocenters. The van der Waals surface area contributed by atoms with E-state index in [1.807, 2.05) is 18.6 Å². The highest BCUT2D eigenvalue weighted by Crippen LogP contribution is 2.34. The molecule has 0 saturated heterocycles. The number of hydrogen-bond acceptors (Lipinski definition) is 4. The molecule has 0 saturated carbocycles. The number of nitrogens with zero attached hydrogens (tertiary/aromatic N) is 4. The van der Waals surface area contributed by atoms with E-state index in [0.29, 0.717) is 0 Å². The third-order valence-electron chi connectivity index (χ3n) is 5.51. The number of aromatic nitrogens is 3. The van der Waals surface area contributed by atoms with Crippen molar-refractivity contribution in [3.05, 3.63) is 42.9 Å². The zero-order valence-corrected chi connectivity index (χ0v) is 20.0. The van der Waals surface area contributed by atoms with E-state index in [2.05, 4.69) is 69.9 Å². The fourth-order valence-corrected chi connectivity index (χ4v) is 3.91. The SMILES string of the molecule is CCN(CC)CCCNc1nccc2c1c1cc3cnccc3cc1n2C.Cl.Cl.Cl. The van der Waals surface area contributed by atoms with Crippen molar-refractivity contribution in [1.82, 2.24) is 19.4 Å². The fourth-order valence-electron chi connectivity index (χ4n) is 3.91. The monoisotopic (exact) mass is 469 g/mol. The quantitative estimate of drug-likeness (QED) is 0.353. The van der Waals surface area contributed by atoms with Crippen molar-refractivity contribution in [3.63, 3.8) is 0 Å². The second-order valence-electron chi connectivity index (χ2n) is 7.01. The summed E-state index contributed by atoms with van der Waals surface area (Å²) in [5.74, 6) is 0.973. The molecule has 0 atom stereocenters. The maximum Gasteiger partial charge on any atom is 0.136 e. The van der Waals surface area contributed by atoms with Crippen molar-refractivity contribution < 1.29 is 0 Å². The van der Waals surface area contributed by atoms with Gasteiger partial charge in [-0.3, -0.25) is 4.98 Å². The van der Waals surface area contributed by atoms with Gasteiger partial charge in [-0.25, -0.2) is 4.98 Å². The molecule has 30 heavy (non-hydrogen) atoms. The van der Waals surface area contributed by atoms with Gasteiger partial charge in [-0.2, -0.15) is 0 Å². The Hall–Kier alpha value is -1.79. The molecule has 1 N–H and O–H groups in total. The summed E-state index contributed by atoms with van der Waals surface area (Å²) in [5, 5.41) is 8.38. The van der Waals surface area contributed by atoms with Gasteiger partial charge in [-0.15, -0.1) is 37.2 Å². The third-order valence-corrected chi connectivity index (χ3v) is 5.51. The van der Waals surface area contributed by atoms with Crippen molar-refractivity contribution in [3.8, 4) is 0 Å². The summed E-state index contributed by atoms with van der Waals surface area (Å²) < 4.78 is 2.26. The molecule has 0 aliphatic carbocycles. The highest BCUT2D eigenvalue weighted by Gasteiger charge is 2.13. The minimum absolute atomic E-state index is 0. The Morgan fingerprint density at radius 2 is 1.73 bits per heavy atom. The van der Waals surface area contributed by atoms with E-state index >= 15 is 0 Å². The second-order valence-corrected chi connectivity index (χ2v) is 7.01. The van der Waals surface area contributed by atoms with Crippen molar-refractivity contribution in [2.45, 2.75) is 20.3 Å². The van der Waals surface area contributed by atoms with Crippen LogP contribution in [-0.4, -0.2) is 45.6 Å². The molecule has 164 valence electrons. The minimum Gasteiger partial charge on any atom is -0.369 e. The van der Waals surface area contributed by atoms with E-state index in [4.69, 9.17) is 0 Å². The molecule has 0 bridgehead atoms. The molecule has 0 fully saturated rings. The van der Waals surface area contributed by atoms with E-state index in [9.17, 15) is 0 Å². The van der Waals surface area contributed by atoms with Gasteiger partial charge in [0.25, 0.3) is 0 Å². The number of hydrogen-bond donors (Lipinski definition) is 1. The standard InChI is InChI=1S/C22H27N5.3ClH/c1-4-27(5-2)12-6-9-24-22-21-18-13-17-15-23-10-7-16(17)14-20(18)26(3)19(21)8-11-25-22;;;/h7-8,10-11,13-15H,4-6,9,12H2,1-3H3,(H,24,25);3*1H. The predicted octanol–water partition coefficient (Wildman–Crippen LogP) is 5.68. The third kappa shape index (κ3) is 4.92. The number of fused-ring (bicyclic) bond motifs is 4. The molecule has 0 aliphatic heterocycles. The van der Waals surface area contributed by atoms with Crippen molar-refractivity contribution in [2.24, 2.45) is 7.05 Å². The Morgan fingerprint density at radius 3 is 2.47 bits per heavy atom. The lowest BCUT2D eigenvalue weighted by molar-refractivity contribution is 0.303. The Kier molecular flexibility index (Phi) is 10.1. The number of anilines is 1. The Balaban J connectivity index is 0.00000150. The van der Waals surface area contributed by atoms with Crippen LogP contribution in [0, 0.1) is 0 Å². The van der Waals surface area contributed by atoms with E-state index in [0.717, 1.165) is 43.8 Å². The molecule has 8 heteroatoms. The zero-order valence-electron chi connectivity index (χ0n) is 17.6. The lowest BCUT2D eigenvalue weighted by Crippen LogP contribution is -2.25.